The summed E-state index contributed by atoms with van der Waals surface area (Å²) in [4.78, 5) is 19.5. The van der Waals surface area contributed by atoms with Crippen molar-refractivity contribution in [3.63, 3.8) is 0 Å². The molecule has 28 heavy (non-hydrogen) atoms. The van der Waals surface area contributed by atoms with Gasteiger partial charge in [-0.15, -0.1) is 0 Å². The van der Waals surface area contributed by atoms with E-state index in [4.69, 9.17) is 0 Å². The lowest BCUT2D eigenvalue weighted by molar-refractivity contribution is 0.140. The second-order valence-corrected chi connectivity index (χ2v) is 7.15. The number of aromatic nitrogens is 1. The van der Waals surface area contributed by atoms with E-state index in [2.05, 4.69) is 4.98 Å². The predicted octanol–water partition coefficient (Wildman–Crippen LogP) is 4.04. The van der Waals surface area contributed by atoms with Gasteiger partial charge in [0.15, 0.2) is 0 Å². The number of benzene rings is 2. The maximum absolute atomic E-state index is 11.6. The Hall–Kier alpha value is -3.12. The topological polar surface area (TPSA) is 76.9 Å². The summed E-state index contributed by atoms with van der Waals surface area (Å²) < 4.78 is 0. The van der Waals surface area contributed by atoms with Gasteiger partial charge in [0.05, 0.1) is 0 Å². The van der Waals surface area contributed by atoms with Crippen LogP contribution in [0.3, 0.4) is 0 Å². The molecule has 0 aliphatic carbocycles. The van der Waals surface area contributed by atoms with Crippen molar-refractivity contribution in [2.45, 2.75) is 13.0 Å². The number of pyridine rings is 1. The Bertz CT molecular complexity index is 955. The summed E-state index contributed by atoms with van der Waals surface area (Å²) in [7, 11) is 3.96. The molecule has 0 fully saturated rings. The number of amides is 1. The second-order valence-electron chi connectivity index (χ2n) is 7.15. The third-order valence-corrected chi connectivity index (χ3v) is 4.68. The maximum Gasteiger partial charge on any atom is 0.407 e. The number of carboxylic acid groups (broad SMARTS) is 1. The van der Waals surface area contributed by atoms with Crippen LogP contribution in [-0.2, 0) is 6.54 Å². The highest BCUT2D eigenvalue weighted by Crippen LogP contribution is 2.29. The SMILES string of the molecule is CN(C)CCCN(Cc1ccc2cncc(-c3ccc(O)cc3)c2c1)C(=O)O. The number of nitrogens with zero attached hydrogens (tertiary/aromatic N) is 3. The molecule has 1 aromatic heterocycles. The van der Waals surface area contributed by atoms with E-state index in [9.17, 15) is 15.0 Å². The molecular formula is C22H25N3O3. The van der Waals surface area contributed by atoms with Crippen molar-refractivity contribution in [2.24, 2.45) is 0 Å². The van der Waals surface area contributed by atoms with Gasteiger partial charge in [0.1, 0.15) is 5.75 Å². The summed E-state index contributed by atoms with van der Waals surface area (Å²) in [6.45, 7) is 1.68. The molecule has 3 rings (SSSR count). The standard InChI is InChI=1S/C22H25N3O3/c1-24(2)10-3-11-25(22(27)28)15-16-4-5-18-13-23-14-21(20(18)12-16)17-6-8-19(26)9-7-17/h4-9,12-14,26H,3,10-11,15H2,1-2H3,(H,27,28). The van der Waals surface area contributed by atoms with Gasteiger partial charge in [-0.3, -0.25) is 4.98 Å². The first-order valence-electron chi connectivity index (χ1n) is 9.22. The van der Waals surface area contributed by atoms with Crippen LogP contribution in [0.5, 0.6) is 5.75 Å². The molecule has 1 heterocycles. The Morgan fingerprint density at radius 2 is 1.79 bits per heavy atom. The van der Waals surface area contributed by atoms with Gasteiger partial charge >= 0.3 is 6.09 Å². The molecule has 6 heteroatoms. The van der Waals surface area contributed by atoms with Crippen LogP contribution >= 0.6 is 0 Å². The molecule has 2 N–H and O–H groups in total. The lowest BCUT2D eigenvalue weighted by Crippen LogP contribution is -2.31. The highest BCUT2D eigenvalue weighted by atomic mass is 16.4. The Morgan fingerprint density at radius 3 is 2.46 bits per heavy atom. The van der Waals surface area contributed by atoms with Crippen LogP contribution in [0.2, 0.25) is 0 Å². The Kier molecular flexibility index (Phi) is 6.11. The monoisotopic (exact) mass is 379 g/mol. The van der Waals surface area contributed by atoms with Gasteiger partial charge in [0, 0.05) is 36.4 Å². The quantitative estimate of drug-likeness (QED) is 0.648. The third kappa shape index (κ3) is 4.78. The summed E-state index contributed by atoms with van der Waals surface area (Å²) in [5.74, 6) is 0.215. The molecule has 0 atom stereocenters. The van der Waals surface area contributed by atoms with E-state index in [0.717, 1.165) is 40.4 Å². The minimum Gasteiger partial charge on any atom is -0.508 e. The van der Waals surface area contributed by atoms with Gasteiger partial charge in [0.25, 0.3) is 0 Å². The lowest BCUT2D eigenvalue weighted by Gasteiger charge is -2.21. The predicted molar refractivity (Wildman–Crippen MR) is 110 cm³/mol. The number of aromatic hydroxyl groups is 1. The number of fused-ring (bicyclic) bond motifs is 1. The number of carbonyl (C=O) groups is 1. The average molecular weight is 379 g/mol. The Labute approximate surface area is 164 Å². The highest BCUT2D eigenvalue weighted by molar-refractivity contribution is 5.96. The molecule has 0 aliphatic rings. The van der Waals surface area contributed by atoms with Crippen molar-refractivity contribution in [3.8, 4) is 16.9 Å². The zero-order chi connectivity index (χ0) is 20.1. The molecule has 0 aliphatic heterocycles. The molecule has 0 saturated heterocycles. The van der Waals surface area contributed by atoms with Crippen LogP contribution in [0.25, 0.3) is 21.9 Å². The summed E-state index contributed by atoms with van der Waals surface area (Å²) in [6, 6.07) is 12.9. The number of phenols is 1. The average Bonchev–Trinajstić information content (AvgIpc) is 2.67. The molecule has 0 saturated carbocycles. The number of hydrogen-bond acceptors (Lipinski definition) is 4. The zero-order valence-electron chi connectivity index (χ0n) is 16.2. The van der Waals surface area contributed by atoms with E-state index >= 15 is 0 Å². The Balaban J connectivity index is 1.89. The first kappa shape index (κ1) is 19.6. The summed E-state index contributed by atoms with van der Waals surface area (Å²) in [5, 5.41) is 21.1. The van der Waals surface area contributed by atoms with Gasteiger partial charge in [-0.25, -0.2) is 4.79 Å². The van der Waals surface area contributed by atoms with Crippen molar-refractivity contribution in [1.29, 1.82) is 0 Å². The molecule has 6 nitrogen and oxygen atoms in total. The van der Waals surface area contributed by atoms with E-state index < -0.39 is 6.09 Å². The summed E-state index contributed by atoms with van der Waals surface area (Å²) in [6.07, 6.45) is 3.47. The van der Waals surface area contributed by atoms with Gasteiger partial charge in [-0.2, -0.15) is 0 Å². The van der Waals surface area contributed by atoms with E-state index in [1.54, 1.807) is 24.5 Å². The van der Waals surface area contributed by atoms with Crippen molar-refractivity contribution < 1.29 is 15.0 Å². The fraction of sp³-hybridized carbons (Fsp3) is 0.273. The minimum atomic E-state index is -0.910. The van der Waals surface area contributed by atoms with Crippen molar-refractivity contribution in [1.82, 2.24) is 14.8 Å². The summed E-state index contributed by atoms with van der Waals surface area (Å²) in [5.41, 5.74) is 2.84. The van der Waals surface area contributed by atoms with E-state index in [-0.39, 0.29) is 5.75 Å². The maximum atomic E-state index is 11.6. The Morgan fingerprint density at radius 1 is 1.04 bits per heavy atom. The second kappa shape index (κ2) is 8.71. The fourth-order valence-electron chi connectivity index (χ4n) is 3.22. The van der Waals surface area contributed by atoms with E-state index in [1.807, 2.05) is 49.3 Å². The molecule has 3 aromatic rings. The molecule has 1 amide bonds. The smallest absolute Gasteiger partial charge is 0.407 e. The molecule has 0 spiro atoms. The van der Waals surface area contributed by atoms with Crippen LogP contribution in [-0.4, -0.2) is 58.3 Å². The normalized spacial score (nSPS) is 11.1. The fourth-order valence-corrected chi connectivity index (χ4v) is 3.22. The van der Waals surface area contributed by atoms with Gasteiger partial charge in [0.2, 0.25) is 0 Å². The van der Waals surface area contributed by atoms with Crippen LogP contribution in [0.15, 0.2) is 54.9 Å². The van der Waals surface area contributed by atoms with Crippen molar-refractivity contribution in [3.05, 3.63) is 60.4 Å². The number of hydrogen-bond donors (Lipinski definition) is 2. The first-order valence-corrected chi connectivity index (χ1v) is 9.22. The van der Waals surface area contributed by atoms with Crippen LogP contribution in [0.4, 0.5) is 4.79 Å². The molecule has 0 radical (unpaired) electrons. The first-order chi connectivity index (χ1) is 13.4. The number of phenolic OH excluding ortho intramolecular Hbond substituents is 1. The largest absolute Gasteiger partial charge is 0.508 e. The van der Waals surface area contributed by atoms with E-state index in [1.165, 1.54) is 4.90 Å². The molecule has 0 unspecified atom stereocenters. The van der Waals surface area contributed by atoms with Gasteiger partial charge in [-0.05, 0) is 61.8 Å². The summed E-state index contributed by atoms with van der Waals surface area (Å²) >= 11 is 0. The molecule has 146 valence electrons. The van der Waals surface area contributed by atoms with Crippen LogP contribution in [0, 0.1) is 0 Å². The van der Waals surface area contributed by atoms with Gasteiger partial charge in [-0.1, -0.05) is 24.3 Å². The highest BCUT2D eigenvalue weighted by Gasteiger charge is 2.13. The molecular weight excluding hydrogens is 354 g/mol. The van der Waals surface area contributed by atoms with Crippen LogP contribution in [0.1, 0.15) is 12.0 Å². The molecule has 2 aromatic carbocycles. The van der Waals surface area contributed by atoms with Crippen molar-refractivity contribution >= 4 is 16.9 Å². The lowest BCUT2D eigenvalue weighted by atomic mass is 9.99. The minimum absolute atomic E-state index is 0.215. The zero-order valence-corrected chi connectivity index (χ0v) is 16.2. The molecule has 0 bridgehead atoms. The van der Waals surface area contributed by atoms with Crippen molar-refractivity contribution in [2.75, 3.05) is 27.2 Å². The number of rotatable bonds is 7. The van der Waals surface area contributed by atoms with E-state index in [0.29, 0.717) is 13.1 Å². The van der Waals surface area contributed by atoms with Gasteiger partial charge < -0.3 is 20.0 Å². The third-order valence-electron chi connectivity index (χ3n) is 4.68. The van der Waals surface area contributed by atoms with Crippen LogP contribution < -0.4 is 0 Å².